The highest BCUT2D eigenvalue weighted by atomic mass is 16.6. The van der Waals surface area contributed by atoms with Crippen LogP contribution in [0, 0.1) is 0 Å². The molecule has 1 amide bonds. The average Bonchev–Trinajstić information content (AvgIpc) is 2.37. The lowest BCUT2D eigenvalue weighted by atomic mass is 9.96. The fourth-order valence-electron chi connectivity index (χ4n) is 3.11. The normalized spacial score (nSPS) is 28.5. The van der Waals surface area contributed by atoms with Crippen LogP contribution in [-0.2, 0) is 9.47 Å². The minimum absolute atomic E-state index is 0.181. The molecule has 2 atom stereocenters. The van der Waals surface area contributed by atoms with Gasteiger partial charge in [-0.25, -0.2) is 4.79 Å². The molecule has 0 aromatic carbocycles. The summed E-state index contributed by atoms with van der Waals surface area (Å²) in [7, 11) is 0. The van der Waals surface area contributed by atoms with E-state index in [-0.39, 0.29) is 12.1 Å². The van der Waals surface area contributed by atoms with E-state index in [1.807, 2.05) is 25.7 Å². The van der Waals surface area contributed by atoms with Gasteiger partial charge in [-0.15, -0.1) is 0 Å². The fraction of sp³-hybridized carbons (Fsp3) is 0.938. The zero-order valence-electron chi connectivity index (χ0n) is 13.9. The van der Waals surface area contributed by atoms with Crippen LogP contribution in [0.1, 0.15) is 53.4 Å². The minimum Gasteiger partial charge on any atom is -0.444 e. The zero-order chi connectivity index (χ0) is 15.5. The van der Waals surface area contributed by atoms with E-state index in [1.165, 1.54) is 0 Å². The number of carbonyl (C=O) groups is 1. The third-order valence-electron chi connectivity index (χ3n) is 4.20. The fourth-order valence-corrected chi connectivity index (χ4v) is 3.11. The molecule has 2 heterocycles. The van der Waals surface area contributed by atoms with Crippen molar-refractivity contribution in [2.75, 3.05) is 19.8 Å². The molecule has 0 radical (unpaired) electrons. The summed E-state index contributed by atoms with van der Waals surface area (Å²) < 4.78 is 10.9. The summed E-state index contributed by atoms with van der Waals surface area (Å²) in [6.45, 7) is 10.4. The smallest absolute Gasteiger partial charge is 0.410 e. The van der Waals surface area contributed by atoms with E-state index in [9.17, 15) is 4.79 Å². The van der Waals surface area contributed by atoms with Crippen LogP contribution in [0.4, 0.5) is 4.79 Å². The molecule has 2 aliphatic heterocycles. The second-order valence-electron chi connectivity index (χ2n) is 7.30. The van der Waals surface area contributed by atoms with E-state index in [4.69, 9.17) is 9.47 Å². The van der Waals surface area contributed by atoms with Crippen molar-refractivity contribution in [1.82, 2.24) is 10.2 Å². The lowest BCUT2D eigenvalue weighted by Crippen LogP contribution is -2.53. The SMILES string of the molecule is C[C@@H]1C[C@@H](NC2CCOCC2)CCN1C(=O)OC(C)(C)C. The van der Waals surface area contributed by atoms with Crippen molar-refractivity contribution in [2.24, 2.45) is 0 Å². The van der Waals surface area contributed by atoms with Crippen LogP contribution in [0.25, 0.3) is 0 Å². The monoisotopic (exact) mass is 298 g/mol. The van der Waals surface area contributed by atoms with Crippen LogP contribution in [0.2, 0.25) is 0 Å². The molecule has 1 N–H and O–H groups in total. The van der Waals surface area contributed by atoms with Crippen molar-refractivity contribution in [3.63, 3.8) is 0 Å². The largest absolute Gasteiger partial charge is 0.444 e. The molecule has 2 fully saturated rings. The van der Waals surface area contributed by atoms with Crippen molar-refractivity contribution < 1.29 is 14.3 Å². The number of carbonyl (C=O) groups excluding carboxylic acids is 1. The predicted molar refractivity (Wildman–Crippen MR) is 82.4 cm³/mol. The molecule has 5 heteroatoms. The van der Waals surface area contributed by atoms with Crippen molar-refractivity contribution in [2.45, 2.75) is 77.1 Å². The highest BCUT2D eigenvalue weighted by molar-refractivity contribution is 5.68. The summed E-state index contributed by atoms with van der Waals surface area (Å²) in [6, 6.07) is 1.30. The van der Waals surface area contributed by atoms with Crippen LogP contribution >= 0.6 is 0 Å². The van der Waals surface area contributed by atoms with Crippen molar-refractivity contribution in [1.29, 1.82) is 0 Å². The molecule has 21 heavy (non-hydrogen) atoms. The Morgan fingerprint density at radius 3 is 2.43 bits per heavy atom. The van der Waals surface area contributed by atoms with Gasteiger partial charge in [0.2, 0.25) is 0 Å². The molecular weight excluding hydrogens is 268 g/mol. The second kappa shape index (κ2) is 6.97. The highest BCUT2D eigenvalue weighted by Gasteiger charge is 2.32. The number of piperidine rings is 1. The van der Waals surface area contributed by atoms with Crippen molar-refractivity contribution in [3.05, 3.63) is 0 Å². The van der Waals surface area contributed by atoms with Crippen LogP contribution in [-0.4, -0.2) is 54.5 Å². The van der Waals surface area contributed by atoms with Gasteiger partial charge in [0.1, 0.15) is 5.60 Å². The van der Waals surface area contributed by atoms with Gasteiger partial charge >= 0.3 is 6.09 Å². The number of amides is 1. The van der Waals surface area contributed by atoms with Crippen LogP contribution in [0.5, 0.6) is 0 Å². The summed E-state index contributed by atoms with van der Waals surface area (Å²) in [5.74, 6) is 0. The standard InChI is InChI=1S/C16H30N2O3/c1-12-11-14(17-13-6-9-20-10-7-13)5-8-18(12)15(19)21-16(2,3)4/h12-14,17H,5-11H2,1-4H3/t12-,14+/m1/s1. The van der Waals surface area contributed by atoms with Gasteiger partial charge in [-0.3, -0.25) is 0 Å². The summed E-state index contributed by atoms with van der Waals surface area (Å²) in [5, 5.41) is 3.74. The van der Waals surface area contributed by atoms with Gasteiger partial charge in [-0.05, 0) is 53.4 Å². The molecule has 0 aromatic heterocycles. The molecule has 2 aliphatic rings. The Morgan fingerprint density at radius 1 is 1.19 bits per heavy atom. The summed E-state index contributed by atoms with van der Waals surface area (Å²) in [4.78, 5) is 14.1. The van der Waals surface area contributed by atoms with Gasteiger partial charge in [-0.2, -0.15) is 0 Å². The summed E-state index contributed by atoms with van der Waals surface area (Å²) in [5.41, 5.74) is -0.423. The molecule has 0 bridgehead atoms. The first-order valence-corrected chi connectivity index (χ1v) is 8.18. The number of nitrogens with zero attached hydrogens (tertiary/aromatic N) is 1. The number of likely N-dealkylation sites (tertiary alicyclic amines) is 1. The average molecular weight is 298 g/mol. The molecule has 0 aliphatic carbocycles. The van der Waals surface area contributed by atoms with E-state index >= 15 is 0 Å². The van der Waals surface area contributed by atoms with Crippen molar-refractivity contribution in [3.8, 4) is 0 Å². The zero-order valence-corrected chi connectivity index (χ0v) is 13.9. The van der Waals surface area contributed by atoms with Gasteiger partial charge in [0, 0.05) is 37.9 Å². The lowest BCUT2D eigenvalue weighted by molar-refractivity contribution is 0.00783. The van der Waals surface area contributed by atoms with Crippen LogP contribution in [0.3, 0.4) is 0 Å². The van der Waals surface area contributed by atoms with Gasteiger partial charge < -0.3 is 19.7 Å². The Hall–Kier alpha value is -0.810. The number of ether oxygens (including phenoxy) is 2. The topological polar surface area (TPSA) is 50.8 Å². The number of nitrogens with one attached hydrogen (secondary N) is 1. The molecule has 0 spiro atoms. The maximum Gasteiger partial charge on any atom is 0.410 e. The van der Waals surface area contributed by atoms with Gasteiger partial charge in [-0.1, -0.05) is 0 Å². The van der Waals surface area contributed by atoms with E-state index < -0.39 is 5.60 Å². The Labute approximate surface area is 128 Å². The van der Waals surface area contributed by atoms with Gasteiger partial charge in [0.15, 0.2) is 0 Å². The maximum absolute atomic E-state index is 12.2. The molecule has 0 saturated carbocycles. The Morgan fingerprint density at radius 2 is 1.86 bits per heavy atom. The second-order valence-corrected chi connectivity index (χ2v) is 7.30. The first-order chi connectivity index (χ1) is 9.85. The van der Waals surface area contributed by atoms with Crippen molar-refractivity contribution >= 4 is 6.09 Å². The molecule has 122 valence electrons. The number of hydrogen-bond acceptors (Lipinski definition) is 4. The van der Waals surface area contributed by atoms with E-state index in [2.05, 4.69) is 12.2 Å². The molecule has 2 rings (SSSR count). The predicted octanol–water partition coefficient (Wildman–Crippen LogP) is 2.54. The van der Waals surface area contributed by atoms with E-state index in [0.29, 0.717) is 12.1 Å². The summed E-state index contributed by atoms with van der Waals surface area (Å²) in [6.07, 6.45) is 4.01. The van der Waals surface area contributed by atoms with Gasteiger partial charge in [0.05, 0.1) is 0 Å². The third-order valence-corrected chi connectivity index (χ3v) is 4.20. The third kappa shape index (κ3) is 5.15. The quantitative estimate of drug-likeness (QED) is 0.851. The molecule has 0 aromatic rings. The molecular formula is C16H30N2O3. The Bertz CT molecular complexity index is 348. The first kappa shape index (κ1) is 16.6. The van der Waals surface area contributed by atoms with Crippen LogP contribution in [0.15, 0.2) is 0 Å². The van der Waals surface area contributed by atoms with E-state index in [1.54, 1.807) is 0 Å². The minimum atomic E-state index is -0.423. The number of hydrogen-bond donors (Lipinski definition) is 1. The maximum atomic E-state index is 12.2. The lowest BCUT2D eigenvalue weighted by Gasteiger charge is -2.40. The molecule has 0 unspecified atom stereocenters. The summed E-state index contributed by atoms with van der Waals surface area (Å²) >= 11 is 0. The van der Waals surface area contributed by atoms with E-state index in [0.717, 1.165) is 45.4 Å². The molecule has 5 nitrogen and oxygen atoms in total. The number of rotatable bonds is 2. The Balaban J connectivity index is 1.79. The van der Waals surface area contributed by atoms with Gasteiger partial charge in [0.25, 0.3) is 0 Å². The van der Waals surface area contributed by atoms with Crippen LogP contribution < -0.4 is 5.32 Å². The Kier molecular flexibility index (Phi) is 5.49. The highest BCUT2D eigenvalue weighted by Crippen LogP contribution is 2.22. The molecule has 2 saturated heterocycles. The first-order valence-electron chi connectivity index (χ1n) is 8.18.